The first-order chi connectivity index (χ1) is 12.3. The third-order valence-electron chi connectivity index (χ3n) is 3.75. The third kappa shape index (κ3) is 7.94. The van der Waals surface area contributed by atoms with Gasteiger partial charge in [0.25, 0.3) is 0 Å². The fourth-order valence-electron chi connectivity index (χ4n) is 2.46. The molecular weight excluding hydrogens is 498 g/mol. The van der Waals surface area contributed by atoms with E-state index in [-0.39, 0.29) is 35.9 Å². The second-order valence-electron chi connectivity index (χ2n) is 5.93. The highest BCUT2D eigenvalue weighted by Crippen LogP contribution is 2.25. The minimum absolute atomic E-state index is 0. The molecule has 4 N–H and O–H groups in total. The van der Waals surface area contributed by atoms with Crippen LogP contribution >= 0.6 is 47.2 Å². The molecule has 0 spiro atoms. The van der Waals surface area contributed by atoms with Crippen molar-refractivity contribution in [2.75, 3.05) is 11.9 Å². The smallest absolute Gasteiger partial charge is 0.221 e. The Balaban J connectivity index is 0.00000364. The number of hydrogen-bond acceptors (Lipinski definition) is 2. The van der Waals surface area contributed by atoms with Crippen molar-refractivity contribution in [3.63, 3.8) is 0 Å². The Hall–Kier alpha value is -1.51. The Labute approximate surface area is 186 Å². The van der Waals surface area contributed by atoms with Crippen molar-refractivity contribution in [2.24, 2.45) is 10.7 Å². The highest BCUT2D eigenvalue weighted by Gasteiger charge is 2.10. The first-order valence-electron chi connectivity index (χ1n) is 8.23. The van der Waals surface area contributed by atoms with E-state index in [1.807, 2.05) is 37.3 Å². The van der Waals surface area contributed by atoms with E-state index in [4.69, 9.17) is 28.9 Å². The summed E-state index contributed by atoms with van der Waals surface area (Å²) in [4.78, 5) is 15.4. The Bertz CT molecular complexity index is 797. The lowest BCUT2D eigenvalue weighted by molar-refractivity contribution is -0.114. The molecule has 0 saturated carbocycles. The molecule has 1 amide bonds. The van der Waals surface area contributed by atoms with Crippen LogP contribution < -0.4 is 16.4 Å². The lowest BCUT2D eigenvalue weighted by atomic mass is 10.1. The van der Waals surface area contributed by atoms with E-state index >= 15 is 0 Å². The number of anilines is 1. The Kier molecular flexibility index (Phi) is 9.90. The second-order valence-corrected chi connectivity index (χ2v) is 6.77. The first kappa shape index (κ1) is 23.5. The molecule has 2 aromatic carbocycles. The summed E-state index contributed by atoms with van der Waals surface area (Å²) >= 11 is 12.1. The van der Waals surface area contributed by atoms with Crippen LogP contribution in [0.25, 0.3) is 0 Å². The highest BCUT2D eigenvalue weighted by molar-refractivity contribution is 14.0. The van der Waals surface area contributed by atoms with Crippen LogP contribution in [0.5, 0.6) is 0 Å². The van der Waals surface area contributed by atoms with Gasteiger partial charge in [0, 0.05) is 29.2 Å². The molecule has 0 saturated heterocycles. The van der Waals surface area contributed by atoms with Crippen LogP contribution in [0, 0.1) is 0 Å². The molecule has 0 bridgehead atoms. The molecule has 2 aromatic rings. The molecule has 2 rings (SSSR count). The summed E-state index contributed by atoms with van der Waals surface area (Å²) in [5, 5.41) is 7.04. The molecule has 1 unspecified atom stereocenters. The monoisotopic (exact) mass is 520 g/mol. The van der Waals surface area contributed by atoms with Crippen molar-refractivity contribution >= 4 is 64.7 Å². The predicted octanol–water partition coefficient (Wildman–Crippen LogP) is 4.78. The minimum atomic E-state index is -0.0869. The van der Waals surface area contributed by atoms with Crippen molar-refractivity contribution in [2.45, 2.75) is 26.3 Å². The Morgan fingerprint density at radius 1 is 1.19 bits per heavy atom. The zero-order valence-corrected chi connectivity index (χ0v) is 19.0. The summed E-state index contributed by atoms with van der Waals surface area (Å²) in [6.07, 6.45) is 0.749. The van der Waals surface area contributed by atoms with E-state index in [2.05, 4.69) is 15.6 Å². The van der Waals surface area contributed by atoms with Gasteiger partial charge in [-0.05, 0) is 48.7 Å². The van der Waals surface area contributed by atoms with Crippen LogP contribution in [-0.2, 0) is 11.2 Å². The number of hydrogen-bond donors (Lipinski definition) is 3. The molecule has 146 valence electrons. The predicted molar refractivity (Wildman–Crippen MR) is 124 cm³/mol. The van der Waals surface area contributed by atoms with Gasteiger partial charge in [0.05, 0.1) is 6.04 Å². The van der Waals surface area contributed by atoms with Crippen LogP contribution in [0.3, 0.4) is 0 Å². The van der Waals surface area contributed by atoms with Crippen LogP contribution in [0.2, 0.25) is 10.0 Å². The summed E-state index contributed by atoms with van der Waals surface area (Å²) in [7, 11) is 0. The van der Waals surface area contributed by atoms with Gasteiger partial charge in [-0.25, -0.2) is 0 Å². The molecule has 0 aromatic heterocycles. The quantitative estimate of drug-likeness (QED) is 0.291. The van der Waals surface area contributed by atoms with Crippen LogP contribution in [0.15, 0.2) is 47.5 Å². The van der Waals surface area contributed by atoms with E-state index in [0.717, 1.165) is 23.2 Å². The van der Waals surface area contributed by atoms with Crippen molar-refractivity contribution in [3.8, 4) is 0 Å². The molecular formula is C19H23Cl2IN4O. The lowest BCUT2D eigenvalue weighted by Crippen LogP contribution is -2.34. The number of rotatable bonds is 6. The van der Waals surface area contributed by atoms with Gasteiger partial charge < -0.3 is 16.4 Å². The normalized spacial score (nSPS) is 12.1. The molecule has 8 heteroatoms. The van der Waals surface area contributed by atoms with Gasteiger partial charge in [-0.15, -0.1) is 24.0 Å². The average Bonchev–Trinajstić information content (AvgIpc) is 2.55. The molecule has 27 heavy (non-hydrogen) atoms. The fraction of sp³-hybridized carbons (Fsp3) is 0.263. The number of carbonyl (C=O) groups excluding carboxylic acids is 1. The van der Waals surface area contributed by atoms with Gasteiger partial charge in [-0.1, -0.05) is 41.4 Å². The summed E-state index contributed by atoms with van der Waals surface area (Å²) in [5.41, 5.74) is 8.76. The third-order valence-corrected chi connectivity index (χ3v) is 4.31. The SMILES string of the molecule is CC(=O)Nc1ccc(CCN=C(N)NC(C)c2ccc(Cl)cc2Cl)cc1.I. The largest absolute Gasteiger partial charge is 0.370 e. The maximum Gasteiger partial charge on any atom is 0.221 e. The number of benzene rings is 2. The number of amides is 1. The Morgan fingerprint density at radius 2 is 1.85 bits per heavy atom. The highest BCUT2D eigenvalue weighted by atomic mass is 127. The minimum Gasteiger partial charge on any atom is -0.370 e. The lowest BCUT2D eigenvalue weighted by Gasteiger charge is -2.16. The number of aliphatic imine (C=N–C) groups is 1. The molecule has 0 heterocycles. The number of guanidine groups is 1. The number of nitrogens with zero attached hydrogens (tertiary/aromatic N) is 1. The summed E-state index contributed by atoms with van der Waals surface area (Å²) in [6, 6.07) is 12.9. The van der Waals surface area contributed by atoms with Gasteiger partial charge in [0.2, 0.25) is 5.91 Å². The topological polar surface area (TPSA) is 79.5 Å². The maximum absolute atomic E-state index is 11.0. The molecule has 0 aliphatic rings. The van der Waals surface area contributed by atoms with Crippen LogP contribution in [-0.4, -0.2) is 18.4 Å². The van der Waals surface area contributed by atoms with Crippen LogP contribution in [0.1, 0.15) is 31.0 Å². The zero-order chi connectivity index (χ0) is 19.1. The molecule has 0 radical (unpaired) electrons. The Morgan fingerprint density at radius 3 is 2.44 bits per heavy atom. The van der Waals surface area contributed by atoms with Gasteiger partial charge in [0.1, 0.15) is 0 Å². The van der Waals surface area contributed by atoms with E-state index in [9.17, 15) is 4.79 Å². The van der Waals surface area contributed by atoms with Crippen molar-refractivity contribution in [1.29, 1.82) is 0 Å². The molecule has 0 aliphatic heterocycles. The number of nitrogens with two attached hydrogens (primary N) is 1. The van der Waals surface area contributed by atoms with Gasteiger partial charge in [-0.3, -0.25) is 9.79 Å². The second kappa shape index (κ2) is 11.4. The molecule has 5 nitrogen and oxygen atoms in total. The van der Waals surface area contributed by atoms with E-state index in [0.29, 0.717) is 22.5 Å². The number of halogens is 3. The van der Waals surface area contributed by atoms with Crippen molar-refractivity contribution < 1.29 is 4.79 Å². The summed E-state index contributed by atoms with van der Waals surface area (Å²) in [6.45, 7) is 3.99. The number of nitrogens with one attached hydrogen (secondary N) is 2. The summed E-state index contributed by atoms with van der Waals surface area (Å²) in [5.74, 6) is 0.273. The van der Waals surface area contributed by atoms with Crippen molar-refractivity contribution in [3.05, 3.63) is 63.6 Å². The molecule has 0 aliphatic carbocycles. The van der Waals surface area contributed by atoms with Gasteiger partial charge >= 0.3 is 0 Å². The van der Waals surface area contributed by atoms with E-state index in [1.165, 1.54) is 6.92 Å². The van der Waals surface area contributed by atoms with Crippen LogP contribution in [0.4, 0.5) is 5.69 Å². The fourth-order valence-corrected chi connectivity index (χ4v) is 3.03. The summed E-state index contributed by atoms with van der Waals surface area (Å²) < 4.78 is 0. The zero-order valence-electron chi connectivity index (χ0n) is 15.1. The number of carbonyl (C=O) groups is 1. The first-order valence-corrected chi connectivity index (χ1v) is 8.98. The van der Waals surface area contributed by atoms with E-state index in [1.54, 1.807) is 12.1 Å². The van der Waals surface area contributed by atoms with Gasteiger partial charge in [0.15, 0.2) is 5.96 Å². The molecule has 1 atom stereocenters. The van der Waals surface area contributed by atoms with Crippen molar-refractivity contribution in [1.82, 2.24) is 5.32 Å². The van der Waals surface area contributed by atoms with E-state index < -0.39 is 0 Å². The standard InChI is InChI=1S/C19H22Cl2N4O.HI/c1-12(17-8-5-15(20)11-18(17)21)24-19(22)23-10-9-14-3-6-16(7-4-14)25-13(2)26;/h3-8,11-12H,9-10H2,1-2H3,(H,25,26)(H3,22,23,24);1H. The molecule has 0 fully saturated rings. The maximum atomic E-state index is 11.0. The van der Waals surface area contributed by atoms with Gasteiger partial charge in [-0.2, -0.15) is 0 Å². The average molecular weight is 521 g/mol.